The summed E-state index contributed by atoms with van der Waals surface area (Å²) in [5, 5.41) is 1.81. The lowest BCUT2D eigenvalue weighted by Crippen LogP contribution is -2.36. The molecule has 2 heterocycles. The van der Waals surface area contributed by atoms with E-state index in [0.717, 1.165) is 5.03 Å². The maximum atomic E-state index is 11.8. The van der Waals surface area contributed by atoms with Crippen LogP contribution in [-0.4, -0.2) is 64.3 Å². The molecule has 1 atom stereocenters. The second kappa shape index (κ2) is 12.8. The first-order valence-corrected chi connectivity index (χ1v) is 13.5. The van der Waals surface area contributed by atoms with Crippen molar-refractivity contribution in [1.82, 2.24) is 15.4 Å². The van der Waals surface area contributed by atoms with E-state index in [1.54, 1.807) is 17.0 Å². The van der Waals surface area contributed by atoms with Crippen molar-refractivity contribution in [2.24, 2.45) is 0 Å². The number of hydroxylamine groups is 2. The van der Waals surface area contributed by atoms with Crippen molar-refractivity contribution in [1.29, 1.82) is 0 Å². The number of unbranched alkanes of at least 4 members (excludes halogenated alkanes) is 2. The predicted octanol–water partition coefficient (Wildman–Crippen LogP) is 1.36. The summed E-state index contributed by atoms with van der Waals surface area (Å²) in [5.41, 5.74) is 0. The highest BCUT2D eigenvalue weighted by atomic mass is 33.1. The largest absolute Gasteiger partial charge is 0.356 e. The number of nitrogens with one attached hydrogen (secondary N) is 1. The fraction of sp³-hybridized carbons (Fsp3) is 0.500. The standard InChI is InChI=1S/C18H23N3O8S3/c22-14(8-11-30-31-15-6-3-5-10-20-15)19-9-4-1-2-7-17(24)29-21-16(23)12-13(18(21)25)32(26,27)28/h3,5-6,10,13H,1-2,4,7-9,11-12H2,(H,19,22)(H,26,27,28)/t13-/m0/s1. The lowest BCUT2D eigenvalue weighted by Gasteiger charge is -2.13. The molecule has 2 N–H and O–H groups in total. The van der Waals surface area contributed by atoms with Gasteiger partial charge in [-0.2, -0.15) is 8.42 Å². The van der Waals surface area contributed by atoms with Gasteiger partial charge >= 0.3 is 5.97 Å². The first-order chi connectivity index (χ1) is 15.2. The van der Waals surface area contributed by atoms with E-state index < -0.39 is 39.6 Å². The zero-order valence-electron chi connectivity index (χ0n) is 17.0. The molecule has 1 aliphatic rings. The highest BCUT2D eigenvalue weighted by Gasteiger charge is 2.48. The molecule has 0 aliphatic carbocycles. The van der Waals surface area contributed by atoms with E-state index in [0.29, 0.717) is 38.0 Å². The Bertz CT molecular complexity index is 927. The van der Waals surface area contributed by atoms with E-state index >= 15 is 0 Å². The van der Waals surface area contributed by atoms with Gasteiger partial charge in [0, 0.05) is 31.3 Å². The minimum Gasteiger partial charge on any atom is -0.356 e. The van der Waals surface area contributed by atoms with Crippen molar-refractivity contribution in [2.45, 2.75) is 48.8 Å². The molecule has 1 aromatic rings. The van der Waals surface area contributed by atoms with Crippen LogP contribution in [0.5, 0.6) is 0 Å². The van der Waals surface area contributed by atoms with Gasteiger partial charge in [-0.05, 0) is 35.8 Å². The van der Waals surface area contributed by atoms with Crippen LogP contribution in [0.25, 0.3) is 0 Å². The summed E-state index contributed by atoms with van der Waals surface area (Å²) in [5.74, 6) is -2.59. The number of hydrogen-bond donors (Lipinski definition) is 2. The number of carbonyl (C=O) groups excluding carboxylic acids is 4. The van der Waals surface area contributed by atoms with E-state index in [-0.39, 0.29) is 17.4 Å². The smallest absolute Gasteiger partial charge is 0.333 e. The minimum atomic E-state index is -4.75. The van der Waals surface area contributed by atoms with Gasteiger partial charge in [0.1, 0.15) is 5.03 Å². The molecule has 0 bridgehead atoms. The van der Waals surface area contributed by atoms with Gasteiger partial charge in [-0.1, -0.05) is 23.3 Å². The second-order valence-electron chi connectivity index (χ2n) is 6.68. The zero-order chi connectivity index (χ0) is 23.6. The number of hydrogen-bond acceptors (Lipinski definition) is 10. The van der Waals surface area contributed by atoms with E-state index in [1.165, 1.54) is 10.8 Å². The molecule has 0 unspecified atom stereocenters. The molecule has 0 spiro atoms. The summed E-state index contributed by atoms with van der Waals surface area (Å²) in [4.78, 5) is 55.8. The maximum Gasteiger partial charge on any atom is 0.333 e. The van der Waals surface area contributed by atoms with Crippen molar-refractivity contribution >= 4 is 55.4 Å². The monoisotopic (exact) mass is 505 g/mol. The topological polar surface area (TPSA) is 160 Å². The number of nitrogens with zero attached hydrogens (tertiary/aromatic N) is 2. The molecule has 1 aromatic heterocycles. The Hall–Kier alpha value is -2.16. The van der Waals surface area contributed by atoms with Gasteiger partial charge < -0.3 is 10.2 Å². The van der Waals surface area contributed by atoms with E-state index in [4.69, 9.17) is 4.55 Å². The quantitative estimate of drug-likeness (QED) is 0.172. The van der Waals surface area contributed by atoms with Crippen molar-refractivity contribution < 1.29 is 37.0 Å². The van der Waals surface area contributed by atoms with Crippen LogP contribution in [0.2, 0.25) is 0 Å². The molecular formula is C18H23N3O8S3. The fourth-order valence-corrected chi connectivity index (χ4v) is 5.15. The van der Waals surface area contributed by atoms with Crippen molar-refractivity contribution in [2.75, 3.05) is 12.3 Å². The number of imide groups is 1. The lowest BCUT2D eigenvalue weighted by molar-refractivity contribution is -0.197. The van der Waals surface area contributed by atoms with Gasteiger partial charge in [-0.25, -0.2) is 9.78 Å². The highest BCUT2D eigenvalue weighted by molar-refractivity contribution is 8.76. The van der Waals surface area contributed by atoms with E-state index in [1.807, 2.05) is 18.2 Å². The molecule has 11 nitrogen and oxygen atoms in total. The average Bonchev–Trinajstić information content (AvgIpc) is 3.03. The third-order valence-corrected chi connectivity index (χ3v) is 7.54. The van der Waals surface area contributed by atoms with Crippen LogP contribution in [0.3, 0.4) is 0 Å². The third kappa shape index (κ3) is 8.76. The summed E-state index contributed by atoms with van der Waals surface area (Å²) in [6, 6.07) is 5.62. The summed E-state index contributed by atoms with van der Waals surface area (Å²) in [7, 11) is -1.70. The average molecular weight is 506 g/mol. The second-order valence-corrected chi connectivity index (χ2v) is 10.7. The zero-order valence-corrected chi connectivity index (χ0v) is 19.4. The molecule has 0 aromatic carbocycles. The summed E-state index contributed by atoms with van der Waals surface area (Å²) in [6.07, 6.45) is 2.83. The van der Waals surface area contributed by atoms with Crippen LogP contribution in [0.4, 0.5) is 0 Å². The molecule has 1 saturated heterocycles. The Morgan fingerprint density at radius 1 is 1.22 bits per heavy atom. The Morgan fingerprint density at radius 3 is 2.66 bits per heavy atom. The van der Waals surface area contributed by atoms with Crippen molar-refractivity contribution in [3.8, 4) is 0 Å². The van der Waals surface area contributed by atoms with Crippen molar-refractivity contribution in [3.63, 3.8) is 0 Å². The first-order valence-electron chi connectivity index (χ1n) is 9.69. The minimum absolute atomic E-state index is 0.0713. The normalized spacial score (nSPS) is 16.3. The van der Waals surface area contributed by atoms with Crippen molar-refractivity contribution in [3.05, 3.63) is 24.4 Å². The van der Waals surface area contributed by atoms with Crippen LogP contribution in [0.1, 0.15) is 38.5 Å². The van der Waals surface area contributed by atoms with E-state index in [9.17, 15) is 27.6 Å². The SMILES string of the molecule is O=C(CCSSc1ccccn1)NCCCCCC(=O)ON1C(=O)C[C@H](S(=O)(=O)O)C1=O. The summed E-state index contributed by atoms with van der Waals surface area (Å²) < 4.78 is 31.0. The van der Waals surface area contributed by atoms with E-state index in [2.05, 4.69) is 15.1 Å². The molecule has 32 heavy (non-hydrogen) atoms. The van der Waals surface area contributed by atoms with Crippen LogP contribution in [0, 0.1) is 0 Å². The highest BCUT2D eigenvalue weighted by Crippen LogP contribution is 2.29. The first kappa shape index (κ1) is 26.1. The molecule has 2 rings (SSSR count). The van der Waals surface area contributed by atoms with Gasteiger partial charge in [-0.15, -0.1) is 5.06 Å². The van der Waals surface area contributed by atoms with Gasteiger partial charge in [0.15, 0.2) is 5.25 Å². The molecule has 3 amide bonds. The summed E-state index contributed by atoms with van der Waals surface area (Å²) >= 11 is 0. The fourth-order valence-electron chi connectivity index (χ4n) is 2.58. The van der Waals surface area contributed by atoms with Crippen LogP contribution < -0.4 is 5.32 Å². The Kier molecular flexibility index (Phi) is 10.4. The summed E-state index contributed by atoms with van der Waals surface area (Å²) in [6.45, 7) is 0.449. The molecular weight excluding hydrogens is 482 g/mol. The molecule has 1 fully saturated rings. The number of carbonyl (C=O) groups is 4. The Balaban J connectivity index is 1.51. The molecule has 0 saturated carbocycles. The molecule has 176 valence electrons. The third-order valence-electron chi connectivity index (χ3n) is 4.19. The van der Waals surface area contributed by atoms with Gasteiger partial charge in [-0.3, -0.25) is 18.9 Å². The molecule has 1 aliphatic heterocycles. The maximum absolute atomic E-state index is 11.8. The Labute approximate surface area is 193 Å². The number of aromatic nitrogens is 1. The van der Waals surface area contributed by atoms with Crippen LogP contribution in [0.15, 0.2) is 29.4 Å². The van der Waals surface area contributed by atoms with Gasteiger partial charge in [0.05, 0.1) is 6.42 Å². The number of rotatable bonds is 13. The van der Waals surface area contributed by atoms with Gasteiger partial charge in [0.2, 0.25) is 5.91 Å². The lowest BCUT2D eigenvalue weighted by atomic mass is 10.2. The molecule has 14 heteroatoms. The predicted molar refractivity (Wildman–Crippen MR) is 117 cm³/mol. The van der Waals surface area contributed by atoms with Gasteiger partial charge in [0.25, 0.3) is 21.9 Å². The van der Waals surface area contributed by atoms with Crippen LogP contribution >= 0.6 is 21.6 Å². The number of amides is 3. The molecule has 0 radical (unpaired) electrons. The van der Waals surface area contributed by atoms with Crippen LogP contribution in [-0.2, 0) is 34.1 Å². The Morgan fingerprint density at radius 2 is 2.00 bits per heavy atom. The number of pyridine rings is 1.